The maximum atomic E-state index is 13.4. The fourth-order valence-electron chi connectivity index (χ4n) is 6.47. The topological polar surface area (TPSA) is 156 Å². The molecule has 5 aromatic rings. The molecule has 0 saturated carbocycles. The van der Waals surface area contributed by atoms with Gasteiger partial charge in [0.05, 0.1) is 23.0 Å². The van der Waals surface area contributed by atoms with Gasteiger partial charge in [0.2, 0.25) is 5.56 Å². The van der Waals surface area contributed by atoms with Crippen molar-refractivity contribution in [2.24, 2.45) is 0 Å². The Kier molecular flexibility index (Phi) is 12.5. The third-order valence-corrected chi connectivity index (χ3v) is 9.22. The summed E-state index contributed by atoms with van der Waals surface area (Å²) in [6, 6.07) is 28.5. The molecule has 0 bridgehead atoms. The van der Waals surface area contributed by atoms with Crippen LogP contribution in [0.4, 0.5) is 29.3 Å². The molecule has 1 aliphatic rings. The Morgan fingerprint density at radius 2 is 1.64 bits per heavy atom. The zero-order valence-corrected chi connectivity index (χ0v) is 29.6. The normalized spacial score (nSPS) is 14.4. The first-order chi connectivity index (χ1) is 26.4. The van der Waals surface area contributed by atoms with Crippen LogP contribution in [0.5, 0.6) is 5.75 Å². The molecule has 288 valence electrons. The number of piperidine rings is 1. The molecule has 0 spiro atoms. The van der Waals surface area contributed by atoms with Crippen molar-refractivity contribution >= 4 is 34.3 Å². The number of hydrogen-bond donors (Lipinski definition) is 5. The van der Waals surface area contributed by atoms with Crippen molar-refractivity contribution in [3.63, 3.8) is 0 Å². The lowest BCUT2D eigenvalue weighted by Crippen LogP contribution is -2.42. The standard InChI is InChI=1S/C40H40F3N5O7/c41-40(42,43)55-48(28-12-10-26(11-13-28)24-44-25-35(50)31-14-16-34(49)38-32(31)15-17-36(51)46-38)37(52)20-23-47-21-18-29(19-22-47)54-39(53)45-33-9-5-4-8-30(33)27-6-2-1-3-7-27/h1-17,29,35,44,49-50H,18-25H2,(H,45,53)(H,46,51). The van der Waals surface area contributed by atoms with E-state index in [2.05, 4.69) is 20.5 Å². The van der Waals surface area contributed by atoms with Crippen LogP contribution in [-0.4, -0.2) is 70.7 Å². The van der Waals surface area contributed by atoms with Gasteiger partial charge in [0, 0.05) is 56.2 Å². The van der Waals surface area contributed by atoms with E-state index in [0.717, 1.165) is 11.1 Å². The lowest BCUT2D eigenvalue weighted by molar-refractivity contribution is -0.327. The maximum Gasteiger partial charge on any atom is 0.544 e. The Hall–Kier alpha value is -5.74. The molecule has 2 heterocycles. The lowest BCUT2D eigenvalue weighted by atomic mass is 10.0. The first-order valence-corrected chi connectivity index (χ1v) is 17.7. The second-order valence-corrected chi connectivity index (χ2v) is 13.1. The number of hydroxylamine groups is 1. The molecule has 12 nitrogen and oxygen atoms in total. The number of benzene rings is 4. The zero-order valence-electron chi connectivity index (χ0n) is 29.6. The molecular formula is C40H40F3N5O7. The van der Waals surface area contributed by atoms with Crippen LogP contribution in [0, 0.1) is 0 Å². The molecule has 1 aromatic heterocycles. The summed E-state index contributed by atoms with van der Waals surface area (Å²) < 4.78 is 45.9. The maximum absolute atomic E-state index is 13.4. The number of aromatic nitrogens is 1. The van der Waals surface area contributed by atoms with Crippen LogP contribution >= 0.6 is 0 Å². The fourth-order valence-corrected chi connectivity index (χ4v) is 6.47. The number of fused-ring (bicyclic) bond motifs is 1. The predicted octanol–water partition coefficient (Wildman–Crippen LogP) is 6.61. The number of aromatic amines is 1. The number of anilines is 2. The van der Waals surface area contributed by atoms with Gasteiger partial charge in [0.1, 0.15) is 11.9 Å². The number of likely N-dealkylation sites (tertiary alicyclic amines) is 1. The van der Waals surface area contributed by atoms with E-state index in [1.165, 1.54) is 42.5 Å². The highest BCUT2D eigenvalue weighted by atomic mass is 19.4. The number of nitrogens with zero attached hydrogens (tertiary/aromatic N) is 2. The average Bonchev–Trinajstić information content (AvgIpc) is 3.17. The van der Waals surface area contributed by atoms with Gasteiger partial charge in [-0.2, -0.15) is 9.90 Å². The number of halogens is 3. The number of phenols is 1. The van der Waals surface area contributed by atoms with E-state index >= 15 is 0 Å². The molecule has 55 heavy (non-hydrogen) atoms. The third-order valence-electron chi connectivity index (χ3n) is 9.22. The van der Waals surface area contributed by atoms with Gasteiger partial charge in [0.25, 0.3) is 5.91 Å². The highest BCUT2D eigenvalue weighted by Crippen LogP contribution is 2.30. The van der Waals surface area contributed by atoms with Crippen LogP contribution in [0.2, 0.25) is 0 Å². The van der Waals surface area contributed by atoms with Crippen molar-refractivity contribution in [1.82, 2.24) is 15.2 Å². The molecule has 5 N–H and O–H groups in total. The van der Waals surface area contributed by atoms with E-state index in [9.17, 15) is 37.8 Å². The summed E-state index contributed by atoms with van der Waals surface area (Å²) in [4.78, 5) is 46.2. The quantitative estimate of drug-likeness (QED) is 0.0834. The van der Waals surface area contributed by atoms with Crippen molar-refractivity contribution in [2.75, 3.05) is 36.6 Å². The van der Waals surface area contributed by atoms with Crippen LogP contribution in [0.15, 0.2) is 108 Å². The van der Waals surface area contributed by atoms with Crippen molar-refractivity contribution < 1.29 is 42.5 Å². The molecule has 1 atom stereocenters. The van der Waals surface area contributed by atoms with Crippen LogP contribution < -0.4 is 21.3 Å². The number of rotatable bonds is 13. The van der Waals surface area contributed by atoms with Gasteiger partial charge in [-0.1, -0.05) is 66.7 Å². The summed E-state index contributed by atoms with van der Waals surface area (Å²) in [5.41, 5.74) is 3.25. The van der Waals surface area contributed by atoms with E-state index in [1.807, 2.05) is 53.4 Å². The Bertz CT molecular complexity index is 2140. The van der Waals surface area contributed by atoms with E-state index in [4.69, 9.17) is 4.74 Å². The zero-order chi connectivity index (χ0) is 39.0. The molecular weight excluding hydrogens is 719 g/mol. The number of alkyl halides is 3. The van der Waals surface area contributed by atoms with Crippen LogP contribution in [-0.2, 0) is 20.9 Å². The number of H-pyrrole nitrogens is 1. The Morgan fingerprint density at radius 1 is 0.927 bits per heavy atom. The number of nitrogens with one attached hydrogen (secondary N) is 3. The number of aliphatic hydroxyl groups excluding tert-OH is 1. The van der Waals surface area contributed by atoms with Gasteiger partial charge >= 0.3 is 12.5 Å². The number of amides is 2. The van der Waals surface area contributed by atoms with E-state index in [0.29, 0.717) is 48.1 Å². The first-order valence-electron chi connectivity index (χ1n) is 17.7. The van der Waals surface area contributed by atoms with E-state index < -0.39 is 30.0 Å². The Morgan fingerprint density at radius 3 is 2.36 bits per heavy atom. The monoisotopic (exact) mass is 759 g/mol. The SMILES string of the molecule is O=C(Nc1ccccc1-c1ccccc1)OC1CCN(CCC(=O)N(OC(F)(F)F)c2ccc(CNCC(O)c3ccc(O)c4[nH]c(=O)ccc34)cc2)CC1. The van der Waals surface area contributed by atoms with Gasteiger partial charge in [-0.15, -0.1) is 13.2 Å². The molecule has 1 fully saturated rings. The summed E-state index contributed by atoms with van der Waals surface area (Å²) in [7, 11) is 0. The van der Waals surface area contributed by atoms with Crippen LogP contribution in [0.25, 0.3) is 22.0 Å². The smallest absolute Gasteiger partial charge is 0.506 e. The summed E-state index contributed by atoms with van der Waals surface area (Å²) in [5.74, 6) is -1.02. The second kappa shape index (κ2) is 17.6. The van der Waals surface area contributed by atoms with Crippen LogP contribution in [0.1, 0.15) is 36.5 Å². The summed E-state index contributed by atoms with van der Waals surface area (Å²) in [5, 5.41) is 27.5. The van der Waals surface area contributed by atoms with Gasteiger partial charge < -0.3 is 30.2 Å². The molecule has 0 aliphatic carbocycles. The lowest BCUT2D eigenvalue weighted by Gasteiger charge is -2.32. The molecule has 4 aromatic carbocycles. The number of aromatic hydroxyl groups is 1. The summed E-state index contributed by atoms with van der Waals surface area (Å²) in [6.45, 7) is 1.45. The van der Waals surface area contributed by atoms with Gasteiger partial charge in [-0.25, -0.2) is 4.79 Å². The largest absolute Gasteiger partial charge is 0.544 e. The number of ether oxygens (including phenoxy) is 1. The molecule has 6 rings (SSSR count). The van der Waals surface area contributed by atoms with Gasteiger partial charge in [0.15, 0.2) is 0 Å². The molecule has 15 heteroatoms. The minimum atomic E-state index is -5.12. The minimum absolute atomic E-state index is 0.0857. The number of aliphatic hydroxyl groups is 1. The average molecular weight is 760 g/mol. The first kappa shape index (κ1) is 39.0. The fraction of sp³-hybridized carbons (Fsp3) is 0.275. The Balaban J connectivity index is 0.972. The second-order valence-electron chi connectivity index (χ2n) is 13.1. The molecule has 1 unspecified atom stereocenters. The Labute approximate surface area is 314 Å². The van der Waals surface area contributed by atoms with Crippen molar-refractivity contribution in [3.05, 3.63) is 125 Å². The number of phenolic OH excluding ortho intramolecular Hbond substituents is 1. The summed E-state index contributed by atoms with van der Waals surface area (Å²) >= 11 is 0. The van der Waals surface area contributed by atoms with Gasteiger partial charge in [-0.3, -0.25) is 14.9 Å². The number of carbonyl (C=O) groups excluding carboxylic acids is 2. The molecule has 2 amide bonds. The molecule has 0 radical (unpaired) electrons. The highest BCUT2D eigenvalue weighted by Gasteiger charge is 2.36. The van der Waals surface area contributed by atoms with Crippen molar-refractivity contribution in [1.29, 1.82) is 0 Å². The number of carbonyl (C=O) groups is 2. The highest BCUT2D eigenvalue weighted by molar-refractivity contribution is 5.92. The minimum Gasteiger partial charge on any atom is -0.506 e. The van der Waals surface area contributed by atoms with E-state index in [-0.39, 0.29) is 54.2 Å². The number of hydrogen-bond acceptors (Lipinski definition) is 9. The third kappa shape index (κ3) is 10.5. The van der Waals surface area contributed by atoms with Crippen molar-refractivity contribution in [3.8, 4) is 16.9 Å². The van der Waals surface area contributed by atoms with Gasteiger partial charge in [-0.05, 0) is 59.9 Å². The van der Waals surface area contributed by atoms with Crippen molar-refractivity contribution in [2.45, 2.75) is 44.4 Å². The molecule has 1 aliphatic heterocycles. The number of para-hydroxylation sites is 1. The number of pyridine rings is 1. The predicted molar refractivity (Wildman–Crippen MR) is 200 cm³/mol. The summed E-state index contributed by atoms with van der Waals surface area (Å²) in [6.07, 6.45) is -6.34. The molecule has 1 saturated heterocycles. The van der Waals surface area contributed by atoms with E-state index in [1.54, 1.807) is 12.1 Å². The van der Waals surface area contributed by atoms with Crippen LogP contribution in [0.3, 0.4) is 0 Å².